The number of carboxylic acid groups (broad SMARTS) is 1. The molecule has 0 unspecified atom stereocenters. The first-order valence-electron chi connectivity index (χ1n) is 13.0. The van der Waals surface area contributed by atoms with Gasteiger partial charge >= 0.3 is 5.97 Å². The van der Waals surface area contributed by atoms with E-state index in [-0.39, 0.29) is 42.5 Å². The molecule has 0 radical (unpaired) electrons. The molecule has 0 aliphatic carbocycles. The number of aromatic carboxylic acids is 1. The molecule has 11 heteroatoms. The first kappa shape index (κ1) is 29.1. The Bertz CT molecular complexity index is 1640. The zero-order valence-corrected chi connectivity index (χ0v) is 23.7. The van der Waals surface area contributed by atoms with Crippen molar-refractivity contribution in [2.45, 2.75) is 32.2 Å². The monoisotopic (exact) mass is 599 g/mol. The first-order chi connectivity index (χ1) is 19.4. The van der Waals surface area contributed by atoms with E-state index in [9.17, 15) is 14.3 Å². The van der Waals surface area contributed by atoms with Crippen LogP contribution in [-0.4, -0.2) is 51.3 Å². The molecule has 1 saturated heterocycles. The van der Waals surface area contributed by atoms with Crippen LogP contribution in [0, 0.1) is 11.6 Å². The summed E-state index contributed by atoms with van der Waals surface area (Å²) in [6, 6.07) is 14.1. The maximum absolute atomic E-state index is 15.5. The molecular weight excluding hydrogens is 572 g/mol. The Hall–Kier alpha value is -3.44. The van der Waals surface area contributed by atoms with Gasteiger partial charge in [-0.25, -0.2) is 18.6 Å². The Balaban J connectivity index is 0.00000337. The molecule has 1 fully saturated rings. The minimum absolute atomic E-state index is 0. The Labute approximate surface area is 247 Å². The van der Waals surface area contributed by atoms with E-state index in [4.69, 9.17) is 26.1 Å². The lowest BCUT2D eigenvalue weighted by molar-refractivity contribution is -0.0591. The van der Waals surface area contributed by atoms with E-state index in [1.165, 1.54) is 12.1 Å². The number of halogens is 3. The average Bonchev–Trinajstić information content (AvgIpc) is 3.50. The van der Waals surface area contributed by atoms with Crippen LogP contribution < -0.4 is 4.74 Å². The summed E-state index contributed by atoms with van der Waals surface area (Å²) in [5.41, 5.74) is 3.33. The molecule has 1 aromatic heterocycles. The number of ether oxygens (including phenoxy) is 2. The molecule has 3 aromatic carbocycles. The summed E-state index contributed by atoms with van der Waals surface area (Å²) in [7, 11) is 0. The van der Waals surface area contributed by atoms with Crippen molar-refractivity contribution in [3.8, 4) is 5.75 Å². The quantitative estimate of drug-likeness (QED) is 0.253. The molecule has 2 aliphatic rings. The first-order valence-corrected chi connectivity index (χ1v) is 13.3. The normalized spacial score (nSPS) is 16.8. The van der Waals surface area contributed by atoms with Gasteiger partial charge in [0.2, 0.25) is 0 Å². The smallest absolute Gasteiger partial charge is 0.335 e. The topological polar surface area (TPSA) is 76.8 Å². The molecule has 4 aromatic rings. The van der Waals surface area contributed by atoms with Crippen LogP contribution in [0.25, 0.3) is 16.6 Å². The van der Waals surface area contributed by atoms with Gasteiger partial charge in [-0.2, -0.15) is 13.5 Å². The van der Waals surface area contributed by atoms with Gasteiger partial charge in [0.25, 0.3) is 0 Å². The fourth-order valence-electron chi connectivity index (χ4n) is 5.07. The van der Waals surface area contributed by atoms with Crippen molar-refractivity contribution >= 4 is 47.7 Å². The van der Waals surface area contributed by atoms with E-state index in [2.05, 4.69) is 4.90 Å². The van der Waals surface area contributed by atoms with Crippen LogP contribution >= 0.6 is 25.1 Å². The third-order valence-corrected chi connectivity index (χ3v) is 7.55. The molecule has 0 spiro atoms. The second-order valence-corrected chi connectivity index (χ2v) is 10.4. The molecule has 0 saturated carbocycles. The molecule has 41 heavy (non-hydrogen) atoms. The summed E-state index contributed by atoms with van der Waals surface area (Å²) in [5.74, 6) is -1.19. The highest BCUT2D eigenvalue weighted by Crippen LogP contribution is 2.29. The van der Waals surface area contributed by atoms with Gasteiger partial charge in [0.1, 0.15) is 18.2 Å². The van der Waals surface area contributed by atoms with E-state index in [0.717, 1.165) is 41.5 Å². The highest BCUT2D eigenvalue weighted by atomic mass is 35.5. The van der Waals surface area contributed by atoms with Gasteiger partial charge in [-0.15, -0.1) is 0 Å². The molecule has 6 rings (SSSR count). The van der Waals surface area contributed by atoms with E-state index in [0.29, 0.717) is 37.3 Å². The number of nitrogens with zero attached hydrogens (tertiary/aromatic N) is 3. The van der Waals surface area contributed by atoms with Crippen molar-refractivity contribution in [2.75, 3.05) is 19.7 Å². The van der Waals surface area contributed by atoms with E-state index < -0.39 is 17.6 Å². The highest BCUT2D eigenvalue weighted by molar-refractivity contribution is 7.59. The van der Waals surface area contributed by atoms with Crippen molar-refractivity contribution in [3.63, 3.8) is 0 Å². The van der Waals surface area contributed by atoms with Gasteiger partial charge in [-0.3, -0.25) is 4.90 Å². The molecular formula is C30H28ClF2N3O4S. The maximum Gasteiger partial charge on any atom is 0.335 e. The molecule has 0 amide bonds. The fraction of sp³-hybridized carbons (Fsp3) is 0.267. The number of hydrogen-bond acceptors (Lipinski definition) is 5. The average molecular weight is 600 g/mol. The molecule has 7 nitrogen and oxygen atoms in total. The number of rotatable bonds is 9. The van der Waals surface area contributed by atoms with Crippen molar-refractivity contribution in [1.29, 1.82) is 0 Å². The Morgan fingerprint density at radius 2 is 2.00 bits per heavy atom. The Morgan fingerprint density at radius 3 is 2.73 bits per heavy atom. The number of carboxylic acids is 1. The van der Waals surface area contributed by atoms with E-state index in [1.807, 2.05) is 10.6 Å². The lowest BCUT2D eigenvalue weighted by Gasteiger charge is -2.28. The van der Waals surface area contributed by atoms with Crippen LogP contribution in [0.1, 0.15) is 33.7 Å². The number of benzene rings is 3. The van der Waals surface area contributed by atoms with E-state index in [1.54, 1.807) is 36.4 Å². The van der Waals surface area contributed by atoms with Crippen LogP contribution in [-0.2, 0) is 24.4 Å². The zero-order valence-electron chi connectivity index (χ0n) is 21.9. The Morgan fingerprint density at radius 1 is 1.17 bits per heavy atom. The molecule has 0 bridgehead atoms. The summed E-state index contributed by atoms with van der Waals surface area (Å²) in [6.07, 6.45) is 3.00. The zero-order chi connectivity index (χ0) is 27.8. The molecule has 2 aliphatic heterocycles. The molecule has 3 heterocycles. The van der Waals surface area contributed by atoms with Crippen molar-refractivity contribution in [3.05, 3.63) is 99.8 Å². The number of fused-ring (bicyclic) bond motifs is 1. The van der Waals surface area contributed by atoms with Gasteiger partial charge in [0, 0.05) is 35.8 Å². The molecule has 1 N–H and O–H groups in total. The van der Waals surface area contributed by atoms with Gasteiger partial charge < -0.3 is 19.1 Å². The summed E-state index contributed by atoms with van der Waals surface area (Å²) < 4.78 is 42.8. The molecule has 214 valence electrons. The minimum Gasteiger partial charge on any atom is -0.486 e. The third kappa shape index (κ3) is 6.11. The van der Waals surface area contributed by atoms with Crippen LogP contribution in [0.15, 0.2) is 60.7 Å². The van der Waals surface area contributed by atoms with Gasteiger partial charge in [0.15, 0.2) is 11.6 Å². The second kappa shape index (κ2) is 12.2. The summed E-state index contributed by atoms with van der Waals surface area (Å²) in [6.45, 7) is 2.81. The second-order valence-electron chi connectivity index (χ2n) is 9.97. The van der Waals surface area contributed by atoms with Crippen LogP contribution in [0.5, 0.6) is 5.75 Å². The van der Waals surface area contributed by atoms with Crippen molar-refractivity contribution < 1.29 is 28.2 Å². The van der Waals surface area contributed by atoms with Gasteiger partial charge in [-0.05, 0) is 48.4 Å². The summed E-state index contributed by atoms with van der Waals surface area (Å²) >= 11 is 5.80. The maximum atomic E-state index is 15.5. The minimum atomic E-state index is -0.988. The van der Waals surface area contributed by atoms with Gasteiger partial charge in [-0.1, -0.05) is 35.9 Å². The van der Waals surface area contributed by atoms with Crippen LogP contribution in [0.3, 0.4) is 0 Å². The fourth-order valence-corrected chi connectivity index (χ4v) is 5.23. The van der Waals surface area contributed by atoms with Crippen LogP contribution in [0.2, 0.25) is 5.02 Å². The Kier molecular flexibility index (Phi) is 8.65. The highest BCUT2D eigenvalue weighted by Gasteiger charge is 2.25. The largest absolute Gasteiger partial charge is 0.486 e. The van der Waals surface area contributed by atoms with Crippen molar-refractivity contribution in [2.24, 2.45) is 0 Å². The lowest BCUT2D eigenvalue weighted by Crippen LogP contribution is -2.32. The summed E-state index contributed by atoms with van der Waals surface area (Å²) in [4.78, 5) is 18.5. The third-order valence-electron chi connectivity index (χ3n) is 7.31. The predicted molar refractivity (Wildman–Crippen MR) is 157 cm³/mol. The van der Waals surface area contributed by atoms with Crippen molar-refractivity contribution in [1.82, 2.24) is 14.5 Å². The van der Waals surface area contributed by atoms with Crippen LogP contribution in [0.4, 0.5) is 8.78 Å². The van der Waals surface area contributed by atoms with E-state index >= 15 is 4.39 Å². The predicted octanol–water partition coefficient (Wildman–Crippen LogP) is 6.05. The number of imidazole rings is 1. The standard InChI is InChI=1S/C30H26ClF2N3O4.H2S/c31-21-5-7-27(24(32)13-21)40-17-20-2-1-3-23(29(20)33)19-8-10-35(14-19)16-28-34-25-6-4-18(30(37)38)12-26(25)36(28)15-22-9-11-39-22;/h1-8,12-13,22H,9-11,14-17H2,(H,37,38);1H2/t22-;/m0./s1. The summed E-state index contributed by atoms with van der Waals surface area (Å²) in [5, 5.41) is 9.73. The van der Waals surface area contributed by atoms with Gasteiger partial charge in [0.05, 0.1) is 35.8 Å². The number of aromatic nitrogens is 2. The number of carbonyl (C=O) groups is 1. The molecule has 1 atom stereocenters. The lowest BCUT2D eigenvalue weighted by atomic mass is 10.0. The SMILES string of the molecule is O=C(O)c1ccc2nc(CN3CC=C(c4cccc(COc5ccc(Cl)cc5F)c4F)C3)n(C[C@@H]3CCO3)c2c1.S. The number of hydrogen-bond donors (Lipinski definition) is 1.